The minimum atomic E-state index is -4.93. The highest BCUT2D eigenvalue weighted by atomic mass is 32.2. The topological polar surface area (TPSA) is 166 Å². The number of hydrogen-bond donors (Lipinski definition) is 2. The zero-order valence-corrected chi connectivity index (χ0v) is 25.3. The average Bonchev–Trinajstić information content (AvgIpc) is 3.44. The van der Waals surface area contributed by atoms with Gasteiger partial charge in [-0.1, -0.05) is 36.8 Å². The van der Waals surface area contributed by atoms with Crippen molar-refractivity contribution in [2.24, 2.45) is 0 Å². The fraction of sp³-hybridized carbons (Fsp3) is 0.385. The summed E-state index contributed by atoms with van der Waals surface area (Å²) in [7, 11) is -4.33. The molecule has 1 fully saturated rings. The number of ether oxygens (including phenoxy) is 1. The molecule has 246 valence electrons. The molecule has 1 atom stereocenters. The lowest BCUT2D eigenvalue weighted by Crippen LogP contribution is -2.58. The van der Waals surface area contributed by atoms with E-state index in [1.165, 1.54) is 30.9 Å². The summed E-state index contributed by atoms with van der Waals surface area (Å²) in [4.78, 5) is 28.1. The Morgan fingerprint density at radius 3 is 2.22 bits per heavy atom. The van der Waals surface area contributed by atoms with E-state index < -0.39 is 40.1 Å². The van der Waals surface area contributed by atoms with Crippen molar-refractivity contribution in [3.8, 4) is 5.75 Å². The van der Waals surface area contributed by atoms with Gasteiger partial charge in [-0.25, -0.2) is 17.2 Å². The first-order valence-electron chi connectivity index (χ1n) is 13.1. The molecular weight excluding hydrogens is 651 g/mol. The fourth-order valence-corrected chi connectivity index (χ4v) is 6.23. The van der Waals surface area contributed by atoms with Gasteiger partial charge in [-0.15, -0.1) is 19.7 Å². The maximum atomic E-state index is 13.1. The number of sulfonamides is 1. The normalized spacial score (nSPS) is 16.0. The van der Waals surface area contributed by atoms with Crippen LogP contribution in [0.25, 0.3) is 5.73 Å². The number of aliphatic carboxylic acids is 1. The van der Waals surface area contributed by atoms with Crippen molar-refractivity contribution in [2.75, 3.05) is 29.9 Å². The zero-order chi connectivity index (χ0) is 33.6. The van der Waals surface area contributed by atoms with E-state index in [0.29, 0.717) is 5.13 Å². The predicted molar refractivity (Wildman–Crippen MR) is 154 cm³/mol. The Hall–Kier alpha value is -3.94. The smallest absolute Gasteiger partial charge is 0.573 e. The number of alkyl halides is 5. The van der Waals surface area contributed by atoms with Crippen LogP contribution in [0, 0.1) is 0 Å². The van der Waals surface area contributed by atoms with Gasteiger partial charge in [0.2, 0.25) is 27.0 Å². The molecule has 1 aromatic heterocycles. The number of carboxylic acids is 1. The highest BCUT2D eigenvalue weighted by Gasteiger charge is 2.41. The quantitative estimate of drug-likeness (QED) is 0.293. The van der Waals surface area contributed by atoms with Gasteiger partial charge in [-0.05, 0) is 24.3 Å². The molecule has 0 unspecified atom stereocenters. The number of anilines is 2. The van der Waals surface area contributed by atoms with Crippen LogP contribution in [0.15, 0.2) is 53.4 Å². The van der Waals surface area contributed by atoms with Gasteiger partial charge in [0.25, 0.3) is 5.92 Å². The van der Waals surface area contributed by atoms with E-state index in [9.17, 15) is 45.1 Å². The number of hydrogen-bond acceptors (Lipinski definition) is 9. The van der Waals surface area contributed by atoms with Gasteiger partial charge in [-0.2, -0.15) is 13.7 Å². The van der Waals surface area contributed by atoms with Gasteiger partial charge >= 0.3 is 12.3 Å². The Balaban J connectivity index is 0.000000355. The molecule has 2 heterocycles. The molecule has 2 aromatic carbocycles. The predicted octanol–water partition coefficient (Wildman–Crippen LogP) is 5.10. The number of amides is 1. The van der Waals surface area contributed by atoms with Crippen molar-refractivity contribution in [1.29, 1.82) is 0 Å². The van der Waals surface area contributed by atoms with E-state index in [4.69, 9.17) is 5.73 Å². The Morgan fingerprint density at radius 2 is 1.71 bits per heavy atom. The minimum absolute atomic E-state index is 0.0344. The number of carbonyl (C=O) groups is 2. The van der Waals surface area contributed by atoms with Crippen molar-refractivity contribution in [2.45, 2.75) is 50.0 Å². The molecule has 3 N–H and O–H groups in total. The first-order valence-corrected chi connectivity index (χ1v) is 15.3. The van der Waals surface area contributed by atoms with Gasteiger partial charge in [0.1, 0.15) is 11.8 Å². The van der Waals surface area contributed by atoms with Gasteiger partial charge in [0.05, 0.1) is 4.90 Å². The average molecular weight is 680 g/mol. The van der Waals surface area contributed by atoms with E-state index in [1.54, 1.807) is 12.1 Å². The number of piperazine rings is 1. The third-order valence-electron chi connectivity index (χ3n) is 6.28. The highest BCUT2D eigenvalue weighted by molar-refractivity contribution is 7.89. The molecule has 1 saturated heterocycles. The second kappa shape index (κ2) is 14.4. The molecule has 4 rings (SSSR count). The minimum Gasteiger partial charge on any atom is -0.674 e. The Labute approximate surface area is 258 Å². The van der Waals surface area contributed by atoms with Crippen molar-refractivity contribution in [3.05, 3.63) is 65.4 Å². The number of nitrogens with zero attached hydrogens (tertiary/aromatic N) is 4. The van der Waals surface area contributed by atoms with Gasteiger partial charge in [0, 0.05) is 50.1 Å². The maximum absolute atomic E-state index is 13.1. The van der Waals surface area contributed by atoms with E-state index >= 15 is 0 Å². The summed E-state index contributed by atoms with van der Waals surface area (Å²) in [5.74, 6) is -5.11. The number of carboxylic acid groups (broad SMARTS) is 1. The molecule has 19 heteroatoms. The second-order valence-electron chi connectivity index (χ2n) is 9.45. The Kier molecular flexibility index (Phi) is 11.4. The SMILES string of the molecule is CC(=O)Nc1nsc(N2CCN(S(=O)(=O)c3ccc(OC(F)(F)F)cc3)[C@@H](C(=O)O)C2)n1.CCC(F)(F)c1ccc(C[NH-])cc1. The number of carbonyl (C=O) groups excluding carboxylic acids is 1. The molecule has 3 aromatic rings. The fourth-order valence-electron chi connectivity index (χ4n) is 4.00. The van der Waals surface area contributed by atoms with E-state index in [0.717, 1.165) is 45.7 Å². The van der Waals surface area contributed by atoms with Crippen LogP contribution >= 0.6 is 11.5 Å². The molecule has 12 nitrogen and oxygen atoms in total. The molecule has 45 heavy (non-hydrogen) atoms. The summed E-state index contributed by atoms with van der Waals surface area (Å²) in [6.07, 6.45) is -5.12. The van der Waals surface area contributed by atoms with Crippen molar-refractivity contribution in [3.63, 3.8) is 0 Å². The van der Waals surface area contributed by atoms with Gasteiger partial charge in [-0.3, -0.25) is 14.9 Å². The lowest BCUT2D eigenvalue weighted by atomic mass is 10.0. The van der Waals surface area contributed by atoms with Crippen LogP contribution in [0.2, 0.25) is 0 Å². The molecule has 0 radical (unpaired) electrons. The lowest BCUT2D eigenvalue weighted by Gasteiger charge is -2.38. The summed E-state index contributed by atoms with van der Waals surface area (Å²) in [5, 5.41) is 12.3. The van der Waals surface area contributed by atoms with Crippen LogP contribution in [0.1, 0.15) is 31.4 Å². The highest BCUT2D eigenvalue weighted by Crippen LogP contribution is 2.31. The van der Waals surface area contributed by atoms with E-state index in [2.05, 4.69) is 19.4 Å². The largest absolute Gasteiger partial charge is 0.674 e. The third-order valence-corrected chi connectivity index (χ3v) is 8.98. The molecule has 0 spiro atoms. The summed E-state index contributed by atoms with van der Waals surface area (Å²) in [5.41, 5.74) is 7.82. The molecule has 1 aliphatic rings. The van der Waals surface area contributed by atoms with E-state index in [1.807, 2.05) is 0 Å². The van der Waals surface area contributed by atoms with Crippen molar-refractivity contribution >= 4 is 44.5 Å². The summed E-state index contributed by atoms with van der Waals surface area (Å²) >= 11 is 0.906. The van der Waals surface area contributed by atoms with Crippen molar-refractivity contribution in [1.82, 2.24) is 13.7 Å². The van der Waals surface area contributed by atoms with Crippen LogP contribution in [0.3, 0.4) is 0 Å². The lowest BCUT2D eigenvalue weighted by molar-refractivity contribution is -0.274. The van der Waals surface area contributed by atoms with E-state index in [-0.39, 0.29) is 54.9 Å². The van der Waals surface area contributed by atoms with Crippen LogP contribution < -0.4 is 15.0 Å². The Bertz CT molecular complexity index is 1570. The monoisotopic (exact) mass is 679 g/mol. The number of halogens is 5. The Morgan fingerprint density at radius 1 is 1.09 bits per heavy atom. The molecular formula is C26H28F5N6O6S2-. The standard InChI is InChI=1S/C16H16F3N5O6S2.C10H12F2N/c1-9(25)20-14-21-15(31-22-14)23-6-7-24(12(8-23)13(26)27)32(28,29)11-4-2-10(3-5-11)30-16(17,18)19;1-2-10(11,12)9-5-3-8(7-13)4-6-9/h2-5,12H,6-8H2,1H3,(H,26,27)(H,20,22,25);3-6,13H,2,7H2,1H3/q;-1/t12-;/m1./s1. The van der Waals surface area contributed by atoms with Crippen LogP contribution in [0.5, 0.6) is 5.75 Å². The van der Waals surface area contributed by atoms with Crippen LogP contribution in [0.4, 0.5) is 33.0 Å². The molecule has 1 amide bonds. The number of rotatable bonds is 9. The van der Waals surface area contributed by atoms with Gasteiger partial charge < -0.3 is 20.5 Å². The first kappa shape index (κ1) is 35.5. The maximum Gasteiger partial charge on any atom is 0.573 e. The molecule has 1 aliphatic heterocycles. The first-order chi connectivity index (χ1) is 21.0. The second-order valence-corrected chi connectivity index (χ2v) is 12.1. The van der Waals surface area contributed by atoms with Gasteiger partial charge in [0.15, 0.2) is 0 Å². The number of aromatic nitrogens is 2. The van der Waals surface area contributed by atoms with Crippen LogP contribution in [-0.2, 0) is 32.1 Å². The zero-order valence-electron chi connectivity index (χ0n) is 23.7. The summed E-state index contributed by atoms with van der Waals surface area (Å²) in [6, 6.07) is 7.93. The third kappa shape index (κ3) is 9.52. The molecule has 0 aliphatic carbocycles. The summed E-state index contributed by atoms with van der Waals surface area (Å²) < 4.78 is 97.4. The number of nitrogens with one attached hydrogen (secondary N) is 2. The van der Waals surface area contributed by atoms with Crippen molar-refractivity contribution < 1.29 is 49.8 Å². The summed E-state index contributed by atoms with van der Waals surface area (Å²) in [6.45, 7) is 2.46. The van der Waals surface area contributed by atoms with Crippen LogP contribution in [-0.4, -0.2) is 71.1 Å². The molecule has 0 saturated carbocycles. The molecule has 0 bridgehead atoms. The number of benzene rings is 2.